The Kier molecular flexibility index (Phi) is 48.1. The molecule has 18 heteroatoms. The van der Waals surface area contributed by atoms with Gasteiger partial charge in [0.1, 0.15) is 18.8 Å². The van der Waals surface area contributed by atoms with E-state index in [-0.39, 0.29) is 64.3 Å². The van der Waals surface area contributed by atoms with Crippen molar-refractivity contribution in [2.24, 2.45) is 0 Å². The second-order valence-corrected chi connectivity index (χ2v) is 21.9. The number of rotatable bonds is 54. The highest BCUT2D eigenvalue weighted by Gasteiger charge is 2.26. The second-order valence-electron chi connectivity index (χ2n) is 20.7. The first kappa shape index (κ1) is 71.3. The lowest BCUT2D eigenvalue weighted by Gasteiger charge is -2.22. The molecule has 0 saturated carbocycles. The van der Waals surface area contributed by atoms with Gasteiger partial charge in [0.05, 0.1) is 44.3 Å². The first-order valence-corrected chi connectivity index (χ1v) is 31.0. The minimum atomic E-state index is -4.88. The molecule has 0 radical (unpaired) electrons. The van der Waals surface area contributed by atoms with Gasteiger partial charge in [0.2, 0.25) is 17.7 Å². The number of esters is 2. The number of amides is 3. The van der Waals surface area contributed by atoms with Gasteiger partial charge in [-0.3, -0.25) is 28.5 Å². The number of aliphatic hydroxyl groups excluding tert-OH is 3. The van der Waals surface area contributed by atoms with Crippen LogP contribution in [0.5, 0.6) is 0 Å². The summed E-state index contributed by atoms with van der Waals surface area (Å²) in [7, 11) is -4.88. The highest BCUT2D eigenvalue weighted by Crippen LogP contribution is 2.35. The maximum Gasteiger partial charge on any atom is 0.469 e. The number of ether oxygens (including phenoxy) is 2. The lowest BCUT2D eigenvalue weighted by molar-refractivity contribution is -0.151. The van der Waals surface area contributed by atoms with E-state index in [4.69, 9.17) is 14.6 Å². The van der Waals surface area contributed by atoms with Gasteiger partial charge in [0.25, 0.3) is 0 Å². The molecule has 0 aliphatic rings. The number of unbranched alkanes of at least 4 members (excludes halogenated alkanes) is 25. The normalized spacial score (nSPS) is 13.7. The Morgan fingerprint density at radius 2 is 0.946 bits per heavy atom. The van der Waals surface area contributed by atoms with Gasteiger partial charge in [-0.05, 0) is 51.4 Å². The maximum atomic E-state index is 13.6. The molecule has 0 spiro atoms. The summed E-state index contributed by atoms with van der Waals surface area (Å²) in [5, 5.41) is 37.6. The van der Waals surface area contributed by atoms with E-state index in [1.54, 1.807) is 0 Å². The smallest absolute Gasteiger partial charge is 0.463 e. The topological polar surface area (TPSA) is 267 Å². The van der Waals surface area contributed by atoms with Gasteiger partial charge in [-0.25, -0.2) is 4.57 Å². The van der Waals surface area contributed by atoms with Crippen molar-refractivity contribution in [1.82, 2.24) is 16.0 Å². The van der Waals surface area contributed by atoms with Crippen molar-refractivity contribution in [3.63, 3.8) is 0 Å². The SMILES string of the molecule is CCCCCCCCCCCC(=O)O[C@H](CCCCCCCCCCC)CC(=O)N[C@@H](CCOP(=O)(O)O)C(=O)NCCC[C@H](COC(=O)CCCCC(O)CO)NC(=O)C[C@H](O)CCCCCCCCCCC. The van der Waals surface area contributed by atoms with Crippen LogP contribution >= 0.6 is 7.82 Å². The van der Waals surface area contributed by atoms with E-state index >= 15 is 0 Å². The first-order valence-electron chi connectivity index (χ1n) is 29.5. The predicted octanol–water partition coefficient (Wildman–Crippen LogP) is 10.6. The molecular weight excluding hydrogens is 970 g/mol. The van der Waals surface area contributed by atoms with E-state index < -0.39 is 68.5 Å². The number of hydrogen-bond donors (Lipinski definition) is 8. The molecule has 74 heavy (non-hydrogen) atoms. The van der Waals surface area contributed by atoms with Crippen LogP contribution in [0.3, 0.4) is 0 Å². The Balaban J connectivity index is 5.61. The van der Waals surface area contributed by atoms with Crippen molar-refractivity contribution in [3.05, 3.63) is 0 Å². The minimum absolute atomic E-state index is 0.0665. The van der Waals surface area contributed by atoms with E-state index in [1.807, 2.05) is 0 Å². The number of aliphatic hydroxyl groups is 3. The van der Waals surface area contributed by atoms with Crippen LogP contribution in [-0.2, 0) is 42.5 Å². The summed E-state index contributed by atoms with van der Waals surface area (Å²) < 4.78 is 27.5. The van der Waals surface area contributed by atoms with E-state index in [2.05, 4.69) is 41.2 Å². The summed E-state index contributed by atoms with van der Waals surface area (Å²) in [4.78, 5) is 84.6. The van der Waals surface area contributed by atoms with Crippen LogP contribution in [0, 0.1) is 0 Å². The van der Waals surface area contributed by atoms with Crippen molar-refractivity contribution in [2.45, 2.75) is 302 Å². The molecule has 0 bridgehead atoms. The number of phosphoric acid groups is 1. The van der Waals surface area contributed by atoms with Gasteiger partial charge >= 0.3 is 19.8 Å². The largest absolute Gasteiger partial charge is 0.469 e. The molecule has 1 unspecified atom stereocenters. The number of nitrogens with one attached hydrogen (secondary N) is 3. The highest BCUT2D eigenvalue weighted by molar-refractivity contribution is 7.46. The molecule has 8 N–H and O–H groups in total. The lowest BCUT2D eigenvalue weighted by atomic mass is 10.0. The van der Waals surface area contributed by atoms with Gasteiger partial charge in [0.15, 0.2) is 0 Å². The first-order chi connectivity index (χ1) is 35.6. The molecule has 436 valence electrons. The van der Waals surface area contributed by atoms with Crippen molar-refractivity contribution < 1.29 is 67.6 Å². The van der Waals surface area contributed by atoms with Crippen LogP contribution < -0.4 is 16.0 Å². The Morgan fingerprint density at radius 1 is 0.500 bits per heavy atom. The molecule has 0 aromatic rings. The molecule has 0 aromatic carbocycles. The third-order valence-corrected chi connectivity index (χ3v) is 13.9. The molecule has 0 aromatic heterocycles. The third kappa shape index (κ3) is 47.8. The second kappa shape index (κ2) is 49.9. The summed E-state index contributed by atoms with van der Waals surface area (Å²) >= 11 is 0. The lowest BCUT2D eigenvalue weighted by Crippen LogP contribution is -2.48. The third-order valence-electron chi connectivity index (χ3n) is 13.4. The number of carbonyl (C=O) groups is 5. The van der Waals surface area contributed by atoms with Crippen LogP contribution in [0.25, 0.3) is 0 Å². The number of hydrogen-bond acceptors (Lipinski definition) is 12. The molecule has 0 rings (SSSR count). The van der Waals surface area contributed by atoms with Gasteiger partial charge in [-0.2, -0.15) is 0 Å². The van der Waals surface area contributed by atoms with Crippen LogP contribution in [0.15, 0.2) is 0 Å². The van der Waals surface area contributed by atoms with Crippen molar-refractivity contribution in [1.29, 1.82) is 0 Å². The van der Waals surface area contributed by atoms with Crippen LogP contribution in [0.2, 0.25) is 0 Å². The quantitative estimate of drug-likeness (QED) is 0.0160. The Labute approximate surface area is 447 Å². The number of carbonyl (C=O) groups excluding carboxylic acids is 5. The molecule has 0 aliphatic carbocycles. The van der Waals surface area contributed by atoms with Crippen LogP contribution in [0.4, 0.5) is 0 Å². The minimum Gasteiger partial charge on any atom is -0.463 e. The molecule has 0 saturated heterocycles. The summed E-state index contributed by atoms with van der Waals surface area (Å²) in [5.41, 5.74) is 0. The fourth-order valence-electron chi connectivity index (χ4n) is 8.91. The highest BCUT2D eigenvalue weighted by atomic mass is 31.2. The molecule has 3 amide bonds. The number of phosphoric ester groups is 1. The molecular formula is C56H108N3O14P. The Bertz CT molecular complexity index is 1440. The van der Waals surface area contributed by atoms with Gasteiger partial charge in [0, 0.05) is 25.8 Å². The van der Waals surface area contributed by atoms with Gasteiger partial charge in [-0.15, -0.1) is 0 Å². The molecule has 0 fully saturated rings. The zero-order chi connectivity index (χ0) is 54.9. The van der Waals surface area contributed by atoms with Gasteiger partial charge < -0.3 is 50.5 Å². The van der Waals surface area contributed by atoms with E-state index in [1.165, 1.54) is 96.3 Å². The zero-order valence-electron chi connectivity index (χ0n) is 46.6. The van der Waals surface area contributed by atoms with Crippen LogP contribution in [-0.4, -0.2) is 112 Å². The fourth-order valence-corrected chi connectivity index (χ4v) is 9.25. The standard InChI is InChI=1S/C56H108N3O14P/c1-4-7-10-13-16-19-22-25-28-35-48(61)43-52(63)58-47(46-71-54(65)38-32-31-36-49(62)45-60)34-33-41-57-56(67)51(40-42-72-74(68,69)70)59-53(64)44-50(37-29-26-23-20-17-14-11-8-5-2)73-55(66)39-30-27-24-21-18-15-12-9-6-3/h47-51,60-62H,4-46H2,1-3H3,(H,57,67)(H,58,63)(H,59,64)(H2,68,69,70)/t47-,48-,49?,50-,51+/m1/s1. The molecule has 0 aliphatic heterocycles. The van der Waals surface area contributed by atoms with E-state index in [9.17, 15) is 48.5 Å². The summed E-state index contributed by atoms with van der Waals surface area (Å²) in [5.74, 6) is -2.47. The molecule has 0 heterocycles. The Hall–Kier alpha value is -2.66. The van der Waals surface area contributed by atoms with Crippen molar-refractivity contribution in [3.8, 4) is 0 Å². The van der Waals surface area contributed by atoms with Crippen molar-refractivity contribution in [2.75, 3.05) is 26.4 Å². The average Bonchev–Trinajstić information content (AvgIpc) is 3.35. The summed E-state index contributed by atoms with van der Waals surface area (Å²) in [6.45, 7) is 5.60. The zero-order valence-corrected chi connectivity index (χ0v) is 47.5. The van der Waals surface area contributed by atoms with Crippen molar-refractivity contribution >= 4 is 37.5 Å². The monoisotopic (exact) mass is 1080 g/mol. The average molecular weight is 1080 g/mol. The van der Waals surface area contributed by atoms with Gasteiger partial charge in [-0.1, -0.05) is 188 Å². The predicted molar refractivity (Wildman–Crippen MR) is 292 cm³/mol. The Morgan fingerprint density at radius 3 is 1.47 bits per heavy atom. The fraction of sp³-hybridized carbons (Fsp3) is 0.911. The van der Waals surface area contributed by atoms with E-state index in [0.29, 0.717) is 44.9 Å². The summed E-state index contributed by atoms with van der Waals surface area (Å²) in [6, 6.07) is -1.90. The maximum absolute atomic E-state index is 13.6. The molecule has 17 nitrogen and oxygen atoms in total. The van der Waals surface area contributed by atoms with Crippen LogP contribution in [0.1, 0.15) is 271 Å². The summed E-state index contributed by atoms with van der Waals surface area (Å²) in [6.07, 6.45) is 30.2. The molecule has 5 atom stereocenters. The van der Waals surface area contributed by atoms with E-state index in [0.717, 1.165) is 70.6 Å².